The Hall–Kier alpha value is -2.38. The van der Waals surface area contributed by atoms with Gasteiger partial charge in [-0.1, -0.05) is 92.7 Å². The fraction of sp³-hybridized carbons (Fsp3) is 0.182. The molecule has 0 heterocycles. The summed E-state index contributed by atoms with van der Waals surface area (Å²) in [4.78, 5) is 0. The van der Waals surface area contributed by atoms with Crippen LogP contribution in [0.2, 0.25) is 0 Å². The van der Waals surface area contributed by atoms with E-state index in [-0.39, 0.29) is 5.92 Å². The van der Waals surface area contributed by atoms with Crippen molar-refractivity contribution in [1.82, 2.24) is 0 Å². The number of nitrogens with two attached hydrogens (primary N) is 1. The van der Waals surface area contributed by atoms with E-state index in [0.29, 0.717) is 0 Å². The Bertz CT molecular complexity index is 762. The van der Waals surface area contributed by atoms with E-state index in [0.717, 1.165) is 11.1 Å². The van der Waals surface area contributed by atoms with E-state index >= 15 is 0 Å². The van der Waals surface area contributed by atoms with Crippen molar-refractivity contribution in [1.29, 1.82) is 0 Å². The minimum absolute atomic E-state index is 0.288. The normalized spacial score (nSPS) is 13.7. The minimum Gasteiger partial charge on any atom is -0.318 e. The van der Waals surface area contributed by atoms with Gasteiger partial charge in [-0.05, 0) is 34.2 Å². The SMILES string of the molecule is CC(C)C(N)(c1ccccc1)c1cccc(-c2ccccc2)c1. The zero-order valence-corrected chi connectivity index (χ0v) is 13.7. The highest BCUT2D eigenvalue weighted by Gasteiger charge is 2.33. The van der Waals surface area contributed by atoms with E-state index in [2.05, 4.69) is 86.6 Å². The van der Waals surface area contributed by atoms with Crippen molar-refractivity contribution in [2.45, 2.75) is 19.4 Å². The van der Waals surface area contributed by atoms with Gasteiger partial charge in [0, 0.05) is 0 Å². The first kappa shape index (κ1) is 15.5. The van der Waals surface area contributed by atoms with Gasteiger partial charge in [0.25, 0.3) is 0 Å². The summed E-state index contributed by atoms with van der Waals surface area (Å²) in [6, 6.07) is 29.4. The molecule has 0 aromatic heterocycles. The summed E-state index contributed by atoms with van der Waals surface area (Å²) < 4.78 is 0. The zero-order chi connectivity index (χ0) is 16.3. The van der Waals surface area contributed by atoms with Crippen LogP contribution >= 0.6 is 0 Å². The van der Waals surface area contributed by atoms with Gasteiger partial charge in [-0.2, -0.15) is 0 Å². The Balaban J connectivity index is 2.12. The Morgan fingerprint density at radius 3 is 1.78 bits per heavy atom. The predicted molar refractivity (Wildman–Crippen MR) is 98.1 cm³/mol. The Kier molecular flexibility index (Phi) is 4.31. The molecule has 0 aliphatic carbocycles. The van der Waals surface area contributed by atoms with Crippen molar-refractivity contribution in [3.05, 3.63) is 96.1 Å². The summed E-state index contributed by atoms with van der Waals surface area (Å²) in [5.41, 5.74) is 11.2. The van der Waals surface area contributed by atoms with Gasteiger partial charge in [0.05, 0.1) is 5.54 Å². The highest BCUT2D eigenvalue weighted by Crippen LogP contribution is 2.35. The van der Waals surface area contributed by atoms with Crippen LogP contribution in [-0.2, 0) is 5.54 Å². The van der Waals surface area contributed by atoms with Crippen LogP contribution in [0.1, 0.15) is 25.0 Å². The van der Waals surface area contributed by atoms with E-state index in [1.165, 1.54) is 11.1 Å². The van der Waals surface area contributed by atoms with E-state index in [1.54, 1.807) is 0 Å². The summed E-state index contributed by atoms with van der Waals surface area (Å²) in [5.74, 6) is 0.288. The first-order chi connectivity index (χ1) is 11.1. The lowest BCUT2D eigenvalue weighted by molar-refractivity contribution is 0.383. The van der Waals surface area contributed by atoms with Crippen LogP contribution in [0.5, 0.6) is 0 Å². The van der Waals surface area contributed by atoms with E-state index in [4.69, 9.17) is 5.73 Å². The number of rotatable bonds is 4. The smallest absolute Gasteiger partial charge is 0.0689 e. The molecule has 1 heteroatoms. The fourth-order valence-electron chi connectivity index (χ4n) is 3.13. The third-order valence-electron chi connectivity index (χ3n) is 4.61. The number of hydrogen-bond donors (Lipinski definition) is 1. The van der Waals surface area contributed by atoms with Crippen molar-refractivity contribution < 1.29 is 0 Å². The van der Waals surface area contributed by atoms with Gasteiger partial charge < -0.3 is 5.73 Å². The van der Waals surface area contributed by atoms with Crippen LogP contribution in [-0.4, -0.2) is 0 Å². The molecule has 0 saturated carbocycles. The number of benzene rings is 3. The Labute approximate surface area is 138 Å². The molecule has 2 N–H and O–H groups in total. The molecule has 1 nitrogen and oxygen atoms in total. The lowest BCUT2D eigenvalue weighted by Gasteiger charge is -2.35. The quantitative estimate of drug-likeness (QED) is 0.703. The van der Waals surface area contributed by atoms with Crippen molar-refractivity contribution in [2.75, 3.05) is 0 Å². The van der Waals surface area contributed by atoms with Gasteiger partial charge >= 0.3 is 0 Å². The Morgan fingerprint density at radius 2 is 1.17 bits per heavy atom. The molecule has 0 fully saturated rings. The second-order valence-electron chi connectivity index (χ2n) is 6.34. The summed E-state index contributed by atoms with van der Waals surface area (Å²) in [5, 5.41) is 0. The molecule has 116 valence electrons. The van der Waals surface area contributed by atoms with Crippen LogP contribution < -0.4 is 5.73 Å². The molecular weight excluding hydrogens is 278 g/mol. The third-order valence-corrected chi connectivity index (χ3v) is 4.61. The van der Waals surface area contributed by atoms with Gasteiger partial charge in [0.1, 0.15) is 0 Å². The van der Waals surface area contributed by atoms with Gasteiger partial charge in [-0.3, -0.25) is 0 Å². The molecule has 0 aliphatic rings. The van der Waals surface area contributed by atoms with Crippen molar-refractivity contribution >= 4 is 0 Å². The summed E-state index contributed by atoms with van der Waals surface area (Å²) >= 11 is 0. The molecular formula is C22H23N. The Morgan fingerprint density at radius 1 is 0.652 bits per heavy atom. The lowest BCUT2D eigenvalue weighted by Crippen LogP contribution is -2.43. The molecule has 0 aliphatic heterocycles. The largest absolute Gasteiger partial charge is 0.318 e. The maximum absolute atomic E-state index is 6.93. The molecule has 3 aromatic rings. The highest BCUT2D eigenvalue weighted by atomic mass is 14.8. The van der Waals surface area contributed by atoms with Crippen molar-refractivity contribution in [3.63, 3.8) is 0 Å². The van der Waals surface area contributed by atoms with Crippen LogP contribution in [0.3, 0.4) is 0 Å². The fourth-order valence-corrected chi connectivity index (χ4v) is 3.13. The maximum atomic E-state index is 6.93. The monoisotopic (exact) mass is 301 g/mol. The van der Waals surface area contributed by atoms with Crippen LogP contribution in [0.15, 0.2) is 84.9 Å². The molecule has 23 heavy (non-hydrogen) atoms. The number of hydrogen-bond acceptors (Lipinski definition) is 1. The topological polar surface area (TPSA) is 26.0 Å². The summed E-state index contributed by atoms with van der Waals surface area (Å²) in [6.45, 7) is 4.37. The maximum Gasteiger partial charge on any atom is 0.0689 e. The molecule has 1 unspecified atom stereocenters. The van der Waals surface area contributed by atoms with Crippen LogP contribution in [0.4, 0.5) is 0 Å². The third kappa shape index (κ3) is 2.93. The zero-order valence-electron chi connectivity index (χ0n) is 13.7. The van der Waals surface area contributed by atoms with Gasteiger partial charge in [-0.15, -0.1) is 0 Å². The first-order valence-corrected chi connectivity index (χ1v) is 8.12. The van der Waals surface area contributed by atoms with Gasteiger partial charge in [0.2, 0.25) is 0 Å². The van der Waals surface area contributed by atoms with Crippen LogP contribution in [0.25, 0.3) is 11.1 Å². The van der Waals surface area contributed by atoms with Gasteiger partial charge in [0.15, 0.2) is 0 Å². The second-order valence-corrected chi connectivity index (χ2v) is 6.34. The van der Waals surface area contributed by atoms with E-state index < -0.39 is 5.54 Å². The predicted octanol–water partition coefficient (Wildman–Crippen LogP) is 5.21. The second kappa shape index (κ2) is 6.39. The van der Waals surface area contributed by atoms with Crippen LogP contribution in [0, 0.1) is 5.92 Å². The lowest BCUT2D eigenvalue weighted by atomic mass is 9.75. The molecule has 0 radical (unpaired) electrons. The van der Waals surface area contributed by atoms with Crippen molar-refractivity contribution in [3.8, 4) is 11.1 Å². The molecule has 0 bridgehead atoms. The standard InChI is InChI=1S/C22H23N/c1-17(2)22(23,20-13-7-4-8-14-20)21-15-9-12-19(16-21)18-10-5-3-6-11-18/h3-17H,23H2,1-2H3. The average Bonchev–Trinajstić information content (AvgIpc) is 2.62. The molecule has 0 spiro atoms. The molecule has 0 amide bonds. The van der Waals surface area contributed by atoms with Crippen molar-refractivity contribution in [2.24, 2.45) is 11.7 Å². The minimum atomic E-state index is -0.494. The summed E-state index contributed by atoms with van der Waals surface area (Å²) in [7, 11) is 0. The van der Waals surface area contributed by atoms with E-state index in [1.807, 2.05) is 12.1 Å². The highest BCUT2D eigenvalue weighted by molar-refractivity contribution is 5.65. The van der Waals surface area contributed by atoms with E-state index in [9.17, 15) is 0 Å². The molecule has 0 saturated heterocycles. The molecule has 3 rings (SSSR count). The molecule has 3 aromatic carbocycles. The first-order valence-electron chi connectivity index (χ1n) is 8.12. The summed E-state index contributed by atoms with van der Waals surface area (Å²) in [6.07, 6.45) is 0. The van der Waals surface area contributed by atoms with Gasteiger partial charge in [-0.25, -0.2) is 0 Å². The average molecular weight is 301 g/mol. The molecule has 1 atom stereocenters.